The molecule has 16 heavy (non-hydrogen) atoms. The molecule has 1 atom stereocenters. The standard InChI is InChI=1S/C9H10BrN3O3/c10-6-3-8(9(12-4-6)13(14)15)11-5-7-1-2-16-7/h3-4,7,11H,1-2,5H2/t7-/m0/s1. The van der Waals surface area contributed by atoms with Gasteiger partial charge in [-0.2, -0.15) is 0 Å². The van der Waals surface area contributed by atoms with Gasteiger partial charge in [0, 0.05) is 13.2 Å². The Kier molecular flexibility index (Phi) is 3.35. The molecule has 1 aromatic rings. The Morgan fingerprint density at radius 3 is 3.06 bits per heavy atom. The van der Waals surface area contributed by atoms with Crippen LogP contribution in [0.15, 0.2) is 16.7 Å². The average Bonchev–Trinajstić information content (AvgIpc) is 2.14. The lowest BCUT2D eigenvalue weighted by molar-refractivity contribution is -0.388. The van der Waals surface area contributed by atoms with Crippen molar-refractivity contribution in [3.63, 3.8) is 0 Å². The molecule has 7 heteroatoms. The molecule has 1 fully saturated rings. The molecule has 1 saturated heterocycles. The number of pyridine rings is 1. The fourth-order valence-corrected chi connectivity index (χ4v) is 1.71. The van der Waals surface area contributed by atoms with E-state index in [1.54, 1.807) is 6.07 Å². The van der Waals surface area contributed by atoms with E-state index in [1.807, 2.05) is 0 Å². The summed E-state index contributed by atoms with van der Waals surface area (Å²) in [6.07, 6.45) is 2.55. The molecule has 86 valence electrons. The number of hydrogen-bond donors (Lipinski definition) is 1. The number of hydrogen-bond acceptors (Lipinski definition) is 5. The number of rotatable bonds is 4. The van der Waals surface area contributed by atoms with E-state index in [-0.39, 0.29) is 11.9 Å². The van der Waals surface area contributed by atoms with Crippen LogP contribution in [0.3, 0.4) is 0 Å². The molecule has 0 aromatic carbocycles. The van der Waals surface area contributed by atoms with Crippen molar-refractivity contribution < 1.29 is 9.66 Å². The summed E-state index contributed by atoms with van der Waals surface area (Å²) in [4.78, 5) is 14.0. The second kappa shape index (κ2) is 4.75. The van der Waals surface area contributed by atoms with Gasteiger partial charge >= 0.3 is 5.82 Å². The molecular formula is C9H10BrN3O3. The summed E-state index contributed by atoms with van der Waals surface area (Å²) < 4.78 is 5.92. The Hall–Kier alpha value is -1.21. The molecule has 0 spiro atoms. The maximum absolute atomic E-state index is 10.7. The normalized spacial score (nSPS) is 18.9. The third kappa shape index (κ3) is 2.48. The second-order valence-corrected chi connectivity index (χ2v) is 4.36. The molecule has 0 saturated carbocycles. The third-order valence-electron chi connectivity index (χ3n) is 2.32. The summed E-state index contributed by atoms with van der Waals surface area (Å²) in [7, 11) is 0. The Labute approximate surface area is 100 Å². The van der Waals surface area contributed by atoms with Gasteiger partial charge in [0.2, 0.25) is 0 Å². The van der Waals surface area contributed by atoms with E-state index in [0.717, 1.165) is 13.0 Å². The lowest BCUT2D eigenvalue weighted by atomic mass is 10.2. The first-order valence-corrected chi connectivity index (χ1v) is 5.61. The van der Waals surface area contributed by atoms with Crippen LogP contribution in [-0.4, -0.2) is 29.2 Å². The maximum Gasteiger partial charge on any atom is 0.386 e. The number of halogens is 1. The molecule has 1 aliphatic heterocycles. The maximum atomic E-state index is 10.7. The minimum absolute atomic E-state index is 0.151. The first-order valence-electron chi connectivity index (χ1n) is 4.82. The van der Waals surface area contributed by atoms with Crippen LogP contribution in [-0.2, 0) is 4.74 Å². The van der Waals surface area contributed by atoms with Crippen molar-refractivity contribution in [2.45, 2.75) is 12.5 Å². The highest BCUT2D eigenvalue weighted by molar-refractivity contribution is 9.10. The molecule has 2 heterocycles. The molecule has 2 rings (SSSR count). The molecule has 0 aliphatic carbocycles. The van der Waals surface area contributed by atoms with Gasteiger partial charge < -0.3 is 20.2 Å². The van der Waals surface area contributed by atoms with Gasteiger partial charge in [0.1, 0.15) is 5.69 Å². The van der Waals surface area contributed by atoms with Crippen LogP contribution < -0.4 is 5.32 Å². The predicted molar refractivity (Wildman–Crippen MR) is 61.4 cm³/mol. The van der Waals surface area contributed by atoms with Crippen molar-refractivity contribution in [1.29, 1.82) is 0 Å². The molecule has 1 N–H and O–H groups in total. The molecule has 1 aliphatic rings. The van der Waals surface area contributed by atoms with E-state index in [9.17, 15) is 10.1 Å². The Bertz CT molecular complexity index is 409. The van der Waals surface area contributed by atoms with Crippen molar-refractivity contribution in [2.24, 2.45) is 0 Å². The van der Waals surface area contributed by atoms with Gasteiger partial charge in [-0.05, 0) is 38.3 Å². The fourth-order valence-electron chi connectivity index (χ4n) is 1.38. The van der Waals surface area contributed by atoms with Gasteiger partial charge in [0.05, 0.1) is 10.6 Å². The van der Waals surface area contributed by atoms with Crippen LogP contribution in [0.2, 0.25) is 0 Å². The molecule has 0 bridgehead atoms. The Morgan fingerprint density at radius 2 is 2.50 bits per heavy atom. The average molecular weight is 288 g/mol. The summed E-state index contributed by atoms with van der Waals surface area (Å²) in [6.45, 7) is 1.34. The van der Waals surface area contributed by atoms with Crippen LogP contribution in [0.1, 0.15) is 6.42 Å². The van der Waals surface area contributed by atoms with Gasteiger partial charge in [-0.1, -0.05) is 0 Å². The summed E-state index contributed by atoms with van der Waals surface area (Å²) in [5.41, 5.74) is 0.412. The van der Waals surface area contributed by atoms with Gasteiger partial charge in [-0.25, -0.2) is 0 Å². The van der Waals surface area contributed by atoms with Crippen molar-refractivity contribution in [1.82, 2.24) is 4.98 Å². The number of nitrogens with zero attached hydrogens (tertiary/aromatic N) is 2. The van der Waals surface area contributed by atoms with Crippen LogP contribution >= 0.6 is 15.9 Å². The highest BCUT2D eigenvalue weighted by Gasteiger charge is 2.21. The zero-order valence-electron chi connectivity index (χ0n) is 8.35. The molecular weight excluding hydrogens is 278 g/mol. The third-order valence-corrected chi connectivity index (χ3v) is 2.75. The fraction of sp³-hybridized carbons (Fsp3) is 0.444. The number of aromatic nitrogens is 1. The van der Waals surface area contributed by atoms with E-state index in [2.05, 4.69) is 26.2 Å². The SMILES string of the molecule is O=[N+]([O-])c1ncc(Br)cc1NC[C@@H]1CCO1. The summed E-state index contributed by atoms with van der Waals surface area (Å²) in [6, 6.07) is 1.64. The largest absolute Gasteiger partial charge is 0.386 e. The summed E-state index contributed by atoms with van der Waals surface area (Å²) in [5, 5.41) is 13.7. The minimum atomic E-state index is -0.504. The monoisotopic (exact) mass is 287 g/mol. The minimum Gasteiger partial charge on any atom is -0.376 e. The van der Waals surface area contributed by atoms with Crippen LogP contribution in [0.5, 0.6) is 0 Å². The van der Waals surface area contributed by atoms with Crippen molar-refractivity contribution in [3.05, 3.63) is 26.9 Å². The number of nitrogens with one attached hydrogen (secondary N) is 1. The van der Waals surface area contributed by atoms with E-state index >= 15 is 0 Å². The zero-order valence-corrected chi connectivity index (χ0v) is 9.94. The van der Waals surface area contributed by atoms with E-state index < -0.39 is 4.92 Å². The van der Waals surface area contributed by atoms with Crippen molar-refractivity contribution >= 4 is 27.4 Å². The Morgan fingerprint density at radius 1 is 1.75 bits per heavy atom. The number of ether oxygens (including phenoxy) is 1. The smallest absolute Gasteiger partial charge is 0.376 e. The van der Waals surface area contributed by atoms with Crippen LogP contribution in [0.25, 0.3) is 0 Å². The highest BCUT2D eigenvalue weighted by atomic mass is 79.9. The predicted octanol–water partition coefficient (Wildman–Crippen LogP) is 1.95. The lowest BCUT2D eigenvalue weighted by Crippen LogP contribution is -2.33. The molecule has 1 aromatic heterocycles. The van der Waals surface area contributed by atoms with Gasteiger partial charge in [0.15, 0.2) is 6.20 Å². The van der Waals surface area contributed by atoms with Gasteiger partial charge in [-0.15, -0.1) is 0 Å². The van der Waals surface area contributed by atoms with Gasteiger partial charge in [-0.3, -0.25) is 0 Å². The highest BCUT2D eigenvalue weighted by Crippen LogP contribution is 2.25. The first kappa shape index (κ1) is 11.3. The summed E-state index contributed by atoms with van der Waals surface area (Å²) >= 11 is 3.23. The topological polar surface area (TPSA) is 77.3 Å². The van der Waals surface area contributed by atoms with E-state index in [4.69, 9.17) is 4.74 Å². The first-order chi connectivity index (χ1) is 7.66. The van der Waals surface area contributed by atoms with E-state index in [0.29, 0.717) is 16.7 Å². The quantitative estimate of drug-likeness (QED) is 0.677. The summed E-state index contributed by atoms with van der Waals surface area (Å²) in [5.74, 6) is -0.164. The van der Waals surface area contributed by atoms with Crippen LogP contribution in [0.4, 0.5) is 11.5 Å². The lowest BCUT2D eigenvalue weighted by Gasteiger charge is -2.26. The Balaban J connectivity index is 2.09. The van der Waals surface area contributed by atoms with E-state index in [1.165, 1.54) is 6.20 Å². The molecule has 6 nitrogen and oxygen atoms in total. The number of nitro groups is 1. The second-order valence-electron chi connectivity index (χ2n) is 3.44. The zero-order chi connectivity index (χ0) is 11.5. The van der Waals surface area contributed by atoms with Crippen molar-refractivity contribution in [3.8, 4) is 0 Å². The molecule has 0 unspecified atom stereocenters. The van der Waals surface area contributed by atoms with Crippen molar-refractivity contribution in [2.75, 3.05) is 18.5 Å². The molecule has 0 amide bonds. The van der Waals surface area contributed by atoms with Gasteiger partial charge in [0.25, 0.3) is 0 Å². The number of anilines is 1. The van der Waals surface area contributed by atoms with Crippen LogP contribution in [0, 0.1) is 10.1 Å². The molecule has 0 radical (unpaired) electrons.